The third-order valence-electron chi connectivity index (χ3n) is 5.96. The Balaban J connectivity index is 1.39. The minimum atomic E-state index is 0.149. The maximum atomic E-state index is 12.8. The van der Waals surface area contributed by atoms with Gasteiger partial charge in [-0.05, 0) is 51.1 Å². The van der Waals surface area contributed by atoms with Crippen molar-refractivity contribution < 1.29 is 9.53 Å². The monoisotopic (exact) mass is 394 g/mol. The van der Waals surface area contributed by atoms with Crippen molar-refractivity contribution in [3.63, 3.8) is 0 Å². The van der Waals surface area contributed by atoms with Crippen LogP contribution in [-0.4, -0.2) is 52.4 Å². The number of amides is 1. The van der Waals surface area contributed by atoms with Gasteiger partial charge in [-0.25, -0.2) is 9.97 Å². The molecule has 29 heavy (non-hydrogen) atoms. The van der Waals surface area contributed by atoms with E-state index >= 15 is 0 Å². The third-order valence-corrected chi connectivity index (χ3v) is 5.96. The molecule has 1 aromatic heterocycles. The van der Waals surface area contributed by atoms with Crippen LogP contribution in [0.4, 0.5) is 0 Å². The topological polar surface area (TPSA) is 58.6 Å². The molecule has 0 saturated carbocycles. The molecule has 0 bridgehead atoms. The Morgan fingerprint density at radius 2 is 2.03 bits per heavy atom. The molecule has 1 fully saturated rings. The first-order valence-corrected chi connectivity index (χ1v) is 10.7. The summed E-state index contributed by atoms with van der Waals surface area (Å²) < 4.78 is 5.47. The zero-order valence-corrected chi connectivity index (χ0v) is 17.4. The molecule has 1 atom stereocenters. The van der Waals surface area contributed by atoms with E-state index in [-0.39, 0.29) is 5.91 Å². The van der Waals surface area contributed by atoms with E-state index < -0.39 is 0 Å². The van der Waals surface area contributed by atoms with Gasteiger partial charge in [-0.3, -0.25) is 9.69 Å². The molecule has 2 aliphatic heterocycles. The number of ether oxygens (including phenoxy) is 1. The van der Waals surface area contributed by atoms with Crippen molar-refractivity contribution in [2.75, 3.05) is 26.7 Å². The van der Waals surface area contributed by atoms with Gasteiger partial charge in [0.2, 0.25) is 5.91 Å². The van der Waals surface area contributed by atoms with E-state index in [2.05, 4.69) is 16.9 Å². The van der Waals surface area contributed by atoms with Gasteiger partial charge in [0.25, 0.3) is 0 Å². The molecule has 0 radical (unpaired) electrons. The van der Waals surface area contributed by atoms with Gasteiger partial charge in [0, 0.05) is 31.3 Å². The van der Waals surface area contributed by atoms with Crippen molar-refractivity contribution in [2.45, 2.75) is 51.6 Å². The van der Waals surface area contributed by atoms with Crippen molar-refractivity contribution in [1.29, 1.82) is 0 Å². The van der Waals surface area contributed by atoms with Crippen LogP contribution in [-0.2, 0) is 24.2 Å². The van der Waals surface area contributed by atoms with Gasteiger partial charge in [-0.1, -0.05) is 18.6 Å². The summed E-state index contributed by atoms with van der Waals surface area (Å²) in [6.45, 7) is 5.04. The summed E-state index contributed by atoms with van der Waals surface area (Å²) in [7, 11) is 2.16. The van der Waals surface area contributed by atoms with Gasteiger partial charge in [-0.2, -0.15) is 0 Å². The fourth-order valence-electron chi connectivity index (χ4n) is 4.26. The molecule has 1 unspecified atom stereocenters. The standard InChI is InChI=1S/C23H30N4O2/c1-3-29-19-9-7-17(8-10-19)14-22(28)27-13-11-20-18(16-27)15-24-23(25-20)21-6-4-5-12-26(21)2/h7-10,15,21H,3-6,11-14,16H2,1-2H3. The molecule has 0 N–H and O–H groups in total. The predicted molar refractivity (Wildman–Crippen MR) is 112 cm³/mol. The van der Waals surface area contributed by atoms with E-state index in [0.717, 1.165) is 54.3 Å². The molecule has 2 aliphatic rings. The minimum Gasteiger partial charge on any atom is -0.494 e. The van der Waals surface area contributed by atoms with Crippen molar-refractivity contribution >= 4 is 5.91 Å². The van der Waals surface area contributed by atoms with Crippen LogP contribution in [0.25, 0.3) is 0 Å². The molecule has 6 nitrogen and oxygen atoms in total. The Morgan fingerprint density at radius 3 is 2.79 bits per heavy atom. The van der Waals surface area contributed by atoms with E-state index in [1.165, 1.54) is 12.8 Å². The maximum absolute atomic E-state index is 12.8. The molecule has 0 aliphatic carbocycles. The summed E-state index contributed by atoms with van der Waals surface area (Å²) in [5, 5.41) is 0. The molecular formula is C23H30N4O2. The molecule has 3 heterocycles. The lowest BCUT2D eigenvalue weighted by molar-refractivity contribution is -0.131. The van der Waals surface area contributed by atoms with Gasteiger partial charge in [0.15, 0.2) is 0 Å². The van der Waals surface area contributed by atoms with E-state index in [4.69, 9.17) is 9.72 Å². The summed E-state index contributed by atoms with van der Waals surface area (Å²) in [4.78, 5) is 26.6. The summed E-state index contributed by atoms with van der Waals surface area (Å²) in [6, 6.07) is 8.12. The first kappa shape index (κ1) is 19.8. The second-order valence-electron chi connectivity index (χ2n) is 8.01. The third kappa shape index (κ3) is 4.58. The SMILES string of the molecule is CCOc1ccc(CC(=O)N2CCc3nc(C4CCCCN4C)ncc3C2)cc1. The number of benzene rings is 1. The number of likely N-dealkylation sites (tertiary alicyclic amines) is 1. The van der Waals surface area contributed by atoms with Gasteiger partial charge in [-0.15, -0.1) is 0 Å². The normalized spacial score (nSPS) is 19.7. The summed E-state index contributed by atoms with van der Waals surface area (Å²) in [6.07, 6.45) is 6.77. The highest BCUT2D eigenvalue weighted by molar-refractivity contribution is 5.79. The van der Waals surface area contributed by atoms with E-state index in [1.54, 1.807) is 0 Å². The van der Waals surface area contributed by atoms with Crippen molar-refractivity contribution in [3.8, 4) is 5.75 Å². The molecule has 1 saturated heterocycles. The molecule has 1 aromatic carbocycles. The molecule has 1 amide bonds. The van der Waals surface area contributed by atoms with Crippen LogP contribution in [0.3, 0.4) is 0 Å². The number of nitrogens with zero attached hydrogens (tertiary/aromatic N) is 4. The average molecular weight is 395 g/mol. The Kier molecular flexibility index (Phi) is 6.09. The highest BCUT2D eigenvalue weighted by atomic mass is 16.5. The second kappa shape index (κ2) is 8.91. The summed E-state index contributed by atoms with van der Waals surface area (Å²) in [5.41, 5.74) is 3.20. The summed E-state index contributed by atoms with van der Waals surface area (Å²) >= 11 is 0. The molecule has 154 valence electrons. The number of fused-ring (bicyclic) bond motifs is 1. The smallest absolute Gasteiger partial charge is 0.227 e. The lowest BCUT2D eigenvalue weighted by Crippen LogP contribution is -2.38. The van der Waals surface area contributed by atoms with Crippen LogP contribution in [0.1, 0.15) is 54.9 Å². The van der Waals surface area contributed by atoms with Gasteiger partial charge >= 0.3 is 0 Å². The largest absolute Gasteiger partial charge is 0.494 e. The summed E-state index contributed by atoms with van der Waals surface area (Å²) in [5.74, 6) is 1.93. The zero-order valence-electron chi connectivity index (χ0n) is 17.4. The van der Waals surface area contributed by atoms with Crippen molar-refractivity contribution in [2.24, 2.45) is 0 Å². The molecule has 4 rings (SSSR count). The zero-order chi connectivity index (χ0) is 20.2. The number of hydrogen-bond donors (Lipinski definition) is 0. The van der Waals surface area contributed by atoms with Crippen LogP contribution in [0.2, 0.25) is 0 Å². The highest BCUT2D eigenvalue weighted by Crippen LogP contribution is 2.28. The highest BCUT2D eigenvalue weighted by Gasteiger charge is 2.26. The van der Waals surface area contributed by atoms with Crippen LogP contribution in [0, 0.1) is 0 Å². The molecule has 6 heteroatoms. The Labute approximate surface area is 172 Å². The van der Waals surface area contributed by atoms with E-state index in [0.29, 0.717) is 25.6 Å². The Bertz CT molecular complexity index is 852. The van der Waals surface area contributed by atoms with Crippen molar-refractivity contribution in [1.82, 2.24) is 19.8 Å². The van der Waals surface area contributed by atoms with Gasteiger partial charge in [0.1, 0.15) is 11.6 Å². The lowest BCUT2D eigenvalue weighted by Gasteiger charge is -2.33. The number of piperidine rings is 1. The van der Waals surface area contributed by atoms with Crippen LogP contribution < -0.4 is 4.74 Å². The molecule has 0 spiro atoms. The lowest BCUT2D eigenvalue weighted by atomic mass is 10.0. The van der Waals surface area contributed by atoms with E-state index in [1.807, 2.05) is 42.3 Å². The maximum Gasteiger partial charge on any atom is 0.227 e. The Hall–Kier alpha value is -2.47. The Morgan fingerprint density at radius 1 is 1.21 bits per heavy atom. The molecule has 2 aromatic rings. The number of rotatable bonds is 5. The average Bonchev–Trinajstić information content (AvgIpc) is 2.75. The first-order valence-electron chi connectivity index (χ1n) is 10.7. The minimum absolute atomic E-state index is 0.149. The first-order chi connectivity index (χ1) is 14.1. The van der Waals surface area contributed by atoms with Crippen LogP contribution in [0.15, 0.2) is 30.5 Å². The fraction of sp³-hybridized carbons (Fsp3) is 0.522. The number of hydrogen-bond acceptors (Lipinski definition) is 5. The van der Waals surface area contributed by atoms with Crippen molar-refractivity contribution in [3.05, 3.63) is 53.1 Å². The number of aromatic nitrogens is 2. The van der Waals surface area contributed by atoms with Gasteiger partial charge in [0.05, 0.1) is 24.8 Å². The number of carbonyl (C=O) groups excluding carboxylic acids is 1. The van der Waals surface area contributed by atoms with E-state index in [9.17, 15) is 4.79 Å². The quantitative estimate of drug-likeness (QED) is 0.780. The van der Waals surface area contributed by atoms with Crippen LogP contribution in [0.5, 0.6) is 5.75 Å². The van der Waals surface area contributed by atoms with Crippen LogP contribution >= 0.6 is 0 Å². The number of carbonyl (C=O) groups is 1. The predicted octanol–water partition coefficient (Wildman–Crippen LogP) is 3.16. The second-order valence-corrected chi connectivity index (χ2v) is 8.01. The fourth-order valence-corrected chi connectivity index (χ4v) is 4.26. The van der Waals surface area contributed by atoms with Gasteiger partial charge < -0.3 is 9.64 Å². The molecular weight excluding hydrogens is 364 g/mol.